The summed E-state index contributed by atoms with van der Waals surface area (Å²) in [5, 5.41) is 0. The van der Waals surface area contributed by atoms with Crippen molar-refractivity contribution in [1.29, 1.82) is 0 Å². The molecule has 2 atom stereocenters. The van der Waals surface area contributed by atoms with E-state index >= 15 is 0 Å². The van der Waals surface area contributed by atoms with E-state index in [2.05, 4.69) is 46.4 Å². The third kappa shape index (κ3) is 5.04. The number of anilines is 2. The van der Waals surface area contributed by atoms with Crippen LogP contribution in [0.5, 0.6) is 5.75 Å². The maximum atomic E-state index is 12.8. The van der Waals surface area contributed by atoms with Crippen molar-refractivity contribution >= 4 is 17.2 Å². The van der Waals surface area contributed by atoms with Crippen LogP contribution in [0.15, 0.2) is 42.5 Å². The summed E-state index contributed by atoms with van der Waals surface area (Å²) in [4.78, 5) is 15.2. The molecule has 0 radical (unpaired) electrons. The summed E-state index contributed by atoms with van der Waals surface area (Å²) < 4.78 is 6.19. The molecule has 0 aromatic heterocycles. The van der Waals surface area contributed by atoms with Gasteiger partial charge in [0.05, 0.1) is 11.4 Å². The van der Waals surface area contributed by atoms with Crippen molar-refractivity contribution in [3.63, 3.8) is 0 Å². The van der Waals surface area contributed by atoms with Crippen molar-refractivity contribution in [2.45, 2.75) is 65.8 Å². The molecule has 2 aromatic rings. The largest absolute Gasteiger partial charge is 0.489 e. The molecule has 5 nitrogen and oxygen atoms in total. The molecule has 0 saturated carbocycles. The molecular formula is C23H33N3O2. The third-order valence-corrected chi connectivity index (χ3v) is 5.11. The molecule has 28 heavy (non-hydrogen) atoms. The average molecular weight is 384 g/mol. The summed E-state index contributed by atoms with van der Waals surface area (Å²) in [6.07, 6.45) is -0.0256. The number of nitrogens with zero attached hydrogens (tertiary/aromatic N) is 1. The summed E-state index contributed by atoms with van der Waals surface area (Å²) in [7, 11) is 0. The minimum Gasteiger partial charge on any atom is -0.489 e. The van der Waals surface area contributed by atoms with E-state index in [1.807, 2.05) is 12.1 Å². The van der Waals surface area contributed by atoms with Gasteiger partial charge in [-0.25, -0.2) is 0 Å². The molecule has 4 N–H and O–H groups in total. The lowest BCUT2D eigenvalue weighted by atomic mass is 10.0. The van der Waals surface area contributed by atoms with E-state index in [1.165, 1.54) is 0 Å². The van der Waals surface area contributed by atoms with Crippen LogP contribution in [0.2, 0.25) is 0 Å². The monoisotopic (exact) mass is 383 g/mol. The fourth-order valence-electron chi connectivity index (χ4n) is 3.69. The first-order valence-corrected chi connectivity index (χ1v) is 9.85. The van der Waals surface area contributed by atoms with E-state index in [9.17, 15) is 4.79 Å². The van der Waals surface area contributed by atoms with Crippen LogP contribution in [0.3, 0.4) is 0 Å². The fraction of sp³-hybridized carbons (Fsp3) is 0.435. The van der Waals surface area contributed by atoms with Crippen LogP contribution in [-0.2, 0) is 0 Å². The SMILES string of the molecule is CC(Oc1cccc(C(=O)c2ccc(N)c(N)c2)c1)C(C)N(C(C)C)C(C)C. The lowest BCUT2D eigenvalue weighted by molar-refractivity contribution is 0.0437. The summed E-state index contributed by atoms with van der Waals surface area (Å²) in [6.45, 7) is 13.0. The Morgan fingerprint density at radius 3 is 2.04 bits per heavy atom. The number of ketones is 1. The molecule has 152 valence electrons. The van der Waals surface area contributed by atoms with Crippen LogP contribution in [0.25, 0.3) is 0 Å². The zero-order valence-electron chi connectivity index (χ0n) is 17.8. The Labute approximate surface area is 168 Å². The van der Waals surface area contributed by atoms with Crippen LogP contribution in [0.4, 0.5) is 11.4 Å². The van der Waals surface area contributed by atoms with Gasteiger partial charge in [0.2, 0.25) is 0 Å². The molecular weight excluding hydrogens is 350 g/mol. The van der Waals surface area contributed by atoms with E-state index in [0.717, 1.165) is 0 Å². The normalized spacial score (nSPS) is 13.8. The Hall–Kier alpha value is -2.53. The first-order valence-electron chi connectivity index (χ1n) is 9.85. The molecule has 0 spiro atoms. The number of hydrogen-bond donors (Lipinski definition) is 2. The predicted octanol–water partition coefficient (Wildman–Crippen LogP) is 4.36. The predicted molar refractivity (Wildman–Crippen MR) is 117 cm³/mol. The van der Waals surface area contributed by atoms with Gasteiger partial charge in [-0.1, -0.05) is 12.1 Å². The highest BCUT2D eigenvalue weighted by atomic mass is 16.5. The second kappa shape index (κ2) is 9.11. The highest BCUT2D eigenvalue weighted by molar-refractivity contribution is 6.10. The lowest BCUT2D eigenvalue weighted by Gasteiger charge is -2.39. The molecule has 0 saturated heterocycles. The standard InChI is InChI=1S/C23H33N3O2/c1-14(2)26(15(3)4)16(5)17(6)28-20-9-7-8-18(12-20)23(27)19-10-11-21(24)22(25)13-19/h7-17H,24-25H2,1-6H3. The van der Waals surface area contributed by atoms with Crippen molar-refractivity contribution in [3.05, 3.63) is 53.6 Å². The maximum Gasteiger partial charge on any atom is 0.193 e. The first-order chi connectivity index (χ1) is 13.1. The Morgan fingerprint density at radius 2 is 1.46 bits per heavy atom. The topological polar surface area (TPSA) is 81.6 Å². The van der Waals surface area contributed by atoms with Crippen molar-refractivity contribution in [2.75, 3.05) is 11.5 Å². The van der Waals surface area contributed by atoms with Gasteiger partial charge in [-0.15, -0.1) is 0 Å². The number of benzene rings is 2. The average Bonchev–Trinajstić information content (AvgIpc) is 2.63. The van der Waals surface area contributed by atoms with Crippen molar-refractivity contribution in [3.8, 4) is 5.75 Å². The van der Waals surface area contributed by atoms with Gasteiger partial charge in [0, 0.05) is 29.3 Å². The zero-order chi connectivity index (χ0) is 21.0. The Kier molecular flexibility index (Phi) is 7.08. The second-order valence-electron chi connectivity index (χ2n) is 7.90. The molecule has 0 fully saturated rings. The molecule has 0 aliphatic carbocycles. The van der Waals surface area contributed by atoms with Crippen LogP contribution in [0.1, 0.15) is 57.5 Å². The minimum atomic E-state index is -0.108. The Balaban J connectivity index is 2.18. The van der Waals surface area contributed by atoms with Gasteiger partial charge in [0.15, 0.2) is 5.78 Å². The van der Waals surface area contributed by atoms with Crippen molar-refractivity contribution < 1.29 is 9.53 Å². The van der Waals surface area contributed by atoms with Gasteiger partial charge in [-0.2, -0.15) is 0 Å². The van der Waals surface area contributed by atoms with E-state index in [-0.39, 0.29) is 17.9 Å². The summed E-state index contributed by atoms with van der Waals surface area (Å²) >= 11 is 0. The first kappa shape index (κ1) is 21.8. The van der Waals surface area contributed by atoms with Gasteiger partial charge in [0.25, 0.3) is 0 Å². The molecule has 0 amide bonds. The van der Waals surface area contributed by atoms with Crippen LogP contribution >= 0.6 is 0 Å². The van der Waals surface area contributed by atoms with Crippen molar-refractivity contribution in [1.82, 2.24) is 4.90 Å². The Bertz CT molecular complexity index is 809. The summed E-state index contributed by atoms with van der Waals surface area (Å²) in [6, 6.07) is 13.3. The fourth-order valence-corrected chi connectivity index (χ4v) is 3.69. The van der Waals surface area contributed by atoms with Gasteiger partial charge < -0.3 is 16.2 Å². The van der Waals surface area contributed by atoms with E-state index in [0.29, 0.717) is 40.3 Å². The summed E-state index contributed by atoms with van der Waals surface area (Å²) in [5.41, 5.74) is 13.5. The second-order valence-corrected chi connectivity index (χ2v) is 7.90. The van der Waals surface area contributed by atoms with Gasteiger partial charge in [0.1, 0.15) is 11.9 Å². The number of nitrogen functional groups attached to an aromatic ring is 2. The zero-order valence-corrected chi connectivity index (χ0v) is 17.8. The van der Waals surface area contributed by atoms with E-state index < -0.39 is 0 Å². The molecule has 0 aliphatic rings. The Morgan fingerprint density at radius 1 is 0.857 bits per heavy atom. The smallest absolute Gasteiger partial charge is 0.193 e. The molecule has 2 aromatic carbocycles. The van der Waals surface area contributed by atoms with Crippen LogP contribution in [0, 0.1) is 0 Å². The molecule has 0 bridgehead atoms. The number of ether oxygens (including phenoxy) is 1. The lowest BCUT2D eigenvalue weighted by Crippen LogP contribution is -2.49. The highest BCUT2D eigenvalue weighted by Crippen LogP contribution is 2.23. The van der Waals surface area contributed by atoms with Crippen molar-refractivity contribution in [2.24, 2.45) is 0 Å². The van der Waals surface area contributed by atoms with Gasteiger partial charge in [-0.05, 0) is 71.9 Å². The minimum absolute atomic E-state index is 0.0256. The molecule has 5 heteroatoms. The summed E-state index contributed by atoms with van der Waals surface area (Å²) in [5.74, 6) is 0.574. The molecule has 0 aliphatic heterocycles. The number of carbonyl (C=O) groups is 1. The number of carbonyl (C=O) groups excluding carboxylic acids is 1. The molecule has 0 heterocycles. The number of rotatable bonds is 8. The highest BCUT2D eigenvalue weighted by Gasteiger charge is 2.26. The van der Waals surface area contributed by atoms with Crippen LogP contribution < -0.4 is 16.2 Å². The van der Waals surface area contributed by atoms with Gasteiger partial charge >= 0.3 is 0 Å². The number of nitrogens with two attached hydrogens (primary N) is 2. The van der Waals surface area contributed by atoms with Crippen LogP contribution in [-0.4, -0.2) is 34.9 Å². The molecule has 2 rings (SSSR count). The van der Waals surface area contributed by atoms with Gasteiger partial charge in [-0.3, -0.25) is 9.69 Å². The van der Waals surface area contributed by atoms with E-state index in [4.69, 9.17) is 16.2 Å². The third-order valence-electron chi connectivity index (χ3n) is 5.11. The molecule has 2 unspecified atom stereocenters. The number of hydrogen-bond acceptors (Lipinski definition) is 5. The quantitative estimate of drug-likeness (QED) is 0.523. The maximum absolute atomic E-state index is 12.8. The van der Waals surface area contributed by atoms with E-state index in [1.54, 1.807) is 30.3 Å².